The fourth-order valence-electron chi connectivity index (χ4n) is 3.42. The molecule has 192 valence electrons. The van der Waals surface area contributed by atoms with Crippen LogP contribution in [0.5, 0.6) is 17.2 Å². The highest BCUT2D eigenvalue weighted by atomic mass is 19.3. The molecule has 0 amide bonds. The van der Waals surface area contributed by atoms with E-state index in [1.54, 1.807) is 83.6 Å². The summed E-state index contributed by atoms with van der Waals surface area (Å²) in [6, 6.07) is 13.5. The van der Waals surface area contributed by atoms with E-state index in [1.165, 1.54) is 6.07 Å². The van der Waals surface area contributed by atoms with Crippen molar-refractivity contribution in [1.29, 1.82) is 0 Å². The van der Waals surface area contributed by atoms with Crippen LogP contribution in [0, 0.1) is 0 Å². The van der Waals surface area contributed by atoms with Gasteiger partial charge in [0.25, 0.3) is 0 Å². The van der Waals surface area contributed by atoms with Gasteiger partial charge in [-0.1, -0.05) is 0 Å². The average molecular weight is 501 g/mol. The van der Waals surface area contributed by atoms with E-state index in [1.807, 2.05) is 11.0 Å². The van der Waals surface area contributed by atoms with Gasteiger partial charge in [-0.15, -0.1) is 0 Å². The van der Waals surface area contributed by atoms with Crippen molar-refractivity contribution in [2.24, 2.45) is 0 Å². The fraction of sp³-hybridized carbons (Fsp3) is 0.333. The van der Waals surface area contributed by atoms with Crippen molar-refractivity contribution >= 4 is 17.3 Å². The summed E-state index contributed by atoms with van der Waals surface area (Å²) < 4.78 is 46.7. The first-order valence-electron chi connectivity index (χ1n) is 11.4. The van der Waals surface area contributed by atoms with E-state index >= 15 is 0 Å². The van der Waals surface area contributed by atoms with Crippen LogP contribution in [0.2, 0.25) is 0 Å². The molecule has 3 rings (SSSR count). The number of anilines is 2. The molecule has 0 saturated heterocycles. The van der Waals surface area contributed by atoms with E-state index in [2.05, 4.69) is 9.72 Å². The summed E-state index contributed by atoms with van der Waals surface area (Å²) in [5.74, 6) is 0.307. The molecule has 36 heavy (non-hydrogen) atoms. The predicted molar refractivity (Wildman–Crippen MR) is 132 cm³/mol. The minimum Gasteiger partial charge on any atom is -0.495 e. The SMILES string of the molecule is CCOc1cc(N(Cc2cncc(OC)c2)c2ccc(C(=O)OC(C)(C)C)cc2)ccc1OC(F)F. The summed E-state index contributed by atoms with van der Waals surface area (Å²) >= 11 is 0. The number of aromatic nitrogens is 1. The monoisotopic (exact) mass is 500 g/mol. The zero-order valence-electron chi connectivity index (χ0n) is 21.0. The van der Waals surface area contributed by atoms with Crippen molar-refractivity contribution in [3.63, 3.8) is 0 Å². The number of carbonyl (C=O) groups excluding carboxylic acids is 1. The van der Waals surface area contributed by atoms with Crippen molar-refractivity contribution in [2.45, 2.75) is 46.5 Å². The lowest BCUT2D eigenvalue weighted by Crippen LogP contribution is -2.24. The van der Waals surface area contributed by atoms with Gasteiger partial charge in [-0.3, -0.25) is 4.98 Å². The molecule has 9 heteroatoms. The van der Waals surface area contributed by atoms with Crippen LogP contribution in [0.25, 0.3) is 0 Å². The molecule has 1 aromatic heterocycles. The first-order chi connectivity index (χ1) is 17.1. The second kappa shape index (κ2) is 11.7. The molecular formula is C27H30F2N2O5. The number of rotatable bonds is 10. The number of nitrogens with zero attached hydrogens (tertiary/aromatic N) is 2. The number of hydrogen-bond donors (Lipinski definition) is 0. The number of carbonyl (C=O) groups is 1. The Balaban J connectivity index is 2.01. The predicted octanol–water partition coefficient (Wildman–Crippen LogP) is 6.38. The normalized spacial score (nSPS) is 11.2. The van der Waals surface area contributed by atoms with E-state index in [9.17, 15) is 13.6 Å². The number of hydrogen-bond acceptors (Lipinski definition) is 7. The van der Waals surface area contributed by atoms with E-state index in [-0.39, 0.29) is 18.1 Å². The molecule has 0 radical (unpaired) electrons. The first-order valence-corrected chi connectivity index (χ1v) is 11.4. The molecule has 0 aliphatic rings. The maximum atomic E-state index is 12.9. The summed E-state index contributed by atoms with van der Waals surface area (Å²) in [5, 5.41) is 0. The Hall–Kier alpha value is -3.88. The highest BCUT2D eigenvalue weighted by Gasteiger charge is 2.20. The molecule has 7 nitrogen and oxygen atoms in total. The van der Waals surface area contributed by atoms with Crippen LogP contribution in [0.3, 0.4) is 0 Å². The van der Waals surface area contributed by atoms with Gasteiger partial charge in [-0.05, 0) is 75.7 Å². The molecule has 2 aromatic carbocycles. The van der Waals surface area contributed by atoms with Crippen molar-refractivity contribution in [3.8, 4) is 17.2 Å². The number of methoxy groups -OCH3 is 1. The number of esters is 1. The van der Waals surface area contributed by atoms with Gasteiger partial charge >= 0.3 is 12.6 Å². The molecule has 1 heterocycles. The maximum absolute atomic E-state index is 12.9. The number of benzene rings is 2. The summed E-state index contributed by atoms with van der Waals surface area (Å²) in [6.45, 7) is 4.84. The Bertz CT molecular complexity index is 1160. The molecule has 0 atom stereocenters. The van der Waals surface area contributed by atoms with E-state index in [0.717, 1.165) is 11.3 Å². The van der Waals surface area contributed by atoms with Crippen LogP contribution in [0.1, 0.15) is 43.6 Å². The van der Waals surface area contributed by atoms with Gasteiger partial charge in [0.1, 0.15) is 11.4 Å². The summed E-state index contributed by atoms with van der Waals surface area (Å²) in [7, 11) is 1.56. The Morgan fingerprint density at radius 3 is 2.31 bits per heavy atom. The molecule has 3 aromatic rings. The number of halogens is 2. The molecular weight excluding hydrogens is 470 g/mol. The fourth-order valence-corrected chi connectivity index (χ4v) is 3.42. The lowest BCUT2D eigenvalue weighted by molar-refractivity contribution is -0.0514. The van der Waals surface area contributed by atoms with Crippen molar-refractivity contribution in [3.05, 3.63) is 72.1 Å². The van der Waals surface area contributed by atoms with Crippen LogP contribution in [0.4, 0.5) is 20.2 Å². The third kappa shape index (κ3) is 7.31. The topological polar surface area (TPSA) is 70.1 Å². The average Bonchev–Trinajstić information content (AvgIpc) is 2.83. The van der Waals surface area contributed by atoms with Crippen molar-refractivity contribution < 1.29 is 32.5 Å². The molecule has 0 aliphatic heterocycles. The summed E-state index contributed by atoms with van der Waals surface area (Å²) in [4.78, 5) is 18.6. The van der Waals surface area contributed by atoms with E-state index < -0.39 is 18.2 Å². The van der Waals surface area contributed by atoms with E-state index in [4.69, 9.17) is 14.2 Å². The molecule has 0 unspecified atom stereocenters. The van der Waals surface area contributed by atoms with Gasteiger partial charge in [0.05, 0.1) is 25.5 Å². The van der Waals surface area contributed by atoms with Gasteiger partial charge in [0, 0.05) is 30.2 Å². The second-order valence-electron chi connectivity index (χ2n) is 8.81. The van der Waals surface area contributed by atoms with Crippen LogP contribution < -0.4 is 19.1 Å². The lowest BCUT2D eigenvalue weighted by Gasteiger charge is -2.26. The molecule has 0 bridgehead atoms. The van der Waals surface area contributed by atoms with Crippen molar-refractivity contribution in [1.82, 2.24) is 4.98 Å². The molecule has 0 saturated carbocycles. The largest absolute Gasteiger partial charge is 0.495 e. The Kier molecular flexibility index (Phi) is 8.68. The third-order valence-electron chi connectivity index (χ3n) is 4.91. The van der Waals surface area contributed by atoms with Gasteiger partial charge in [0.15, 0.2) is 11.5 Å². The molecule has 0 N–H and O–H groups in total. The number of pyridine rings is 1. The highest BCUT2D eigenvalue weighted by molar-refractivity contribution is 5.90. The minimum atomic E-state index is -2.98. The van der Waals surface area contributed by atoms with Gasteiger partial charge in [0.2, 0.25) is 0 Å². The second-order valence-corrected chi connectivity index (χ2v) is 8.81. The van der Waals surface area contributed by atoms with Crippen LogP contribution in [-0.2, 0) is 11.3 Å². The summed E-state index contributed by atoms with van der Waals surface area (Å²) in [5.41, 5.74) is 2.05. The Morgan fingerprint density at radius 2 is 1.69 bits per heavy atom. The highest BCUT2D eigenvalue weighted by Crippen LogP contribution is 2.37. The van der Waals surface area contributed by atoms with Gasteiger partial charge in [-0.25, -0.2) is 4.79 Å². The smallest absolute Gasteiger partial charge is 0.387 e. The number of ether oxygens (including phenoxy) is 4. The lowest BCUT2D eigenvalue weighted by atomic mass is 10.1. The molecule has 0 spiro atoms. The first kappa shape index (κ1) is 26.7. The number of alkyl halides is 2. The molecule has 0 aliphatic carbocycles. The quantitative estimate of drug-likeness (QED) is 0.299. The summed E-state index contributed by atoms with van der Waals surface area (Å²) in [6.07, 6.45) is 3.31. The maximum Gasteiger partial charge on any atom is 0.387 e. The zero-order chi connectivity index (χ0) is 26.3. The van der Waals surface area contributed by atoms with E-state index in [0.29, 0.717) is 23.5 Å². The standard InChI is InChI=1S/C27H30F2N2O5/c1-6-34-24-14-21(11-12-23(24)35-26(28)29)31(17-18-13-22(33-5)16-30-15-18)20-9-7-19(8-10-20)25(32)36-27(2,3)4/h7-16,26H,6,17H2,1-5H3. The Labute approximate surface area is 209 Å². The van der Waals surface area contributed by atoms with Crippen molar-refractivity contribution in [2.75, 3.05) is 18.6 Å². The Morgan fingerprint density at radius 1 is 1.00 bits per heavy atom. The van der Waals surface area contributed by atoms with Gasteiger partial charge in [-0.2, -0.15) is 8.78 Å². The van der Waals surface area contributed by atoms with Crippen LogP contribution in [0.15, 0.2) is 60.9 Å². The van der Waals surface area contributed by atoms with Crippen LogP contribution in [-0.4, -0.2) is 36.9 Å². The zero-order valence-corrected chi connectivity index (χ0v) is 21.0. The van der Waals surface area contributed by atoms with Gasteiger partial charge < -0.3 is 23.8 Å². The van der Waals surface area contributed by atoms with Crippen LogP contribution >= 0.6 is 0 Å². The minimum absolute atomic E-state index is 0.0566. The third-order valence-corrected chi connectivity index (χ3v) is 4.91. The molecule has 0 fully saturated rings.